The third kappa shape index (κ3) is 2.07. The minimum Gasteiger partial charge on any atom is -0.382 e. The van der Waals surface area contributed by atoms with Gasteiger partial charge in [-0.15, -0.1) is 0 Å². The molecule has 0 aromatic heterocycles. The SMILES string of the molecule is O=C[Si]1(C2CCCCO2)[SiH2][SiH2]1.[Pt]. The fraction of sp³-hybridized carbons (Fsp3) is 0.833. The standard InChI is InChI=1S/C6H14O2Si3.Pt/c7-5-11(9-10-11)6-3-1-2-4-8-6;/h5-6H,1-4,9-10H2;. The van der Waals surface area contributed by atoms with Crippen molar-refractivity contribution < 1.29 is 30.6 Å². The van der Waals surface area contributed by atoms with Gasteiger partial charge in [-0.1, -0.05) is 0 Å². The molecular formula is C6H14O2PtSi3. The van der Waals surface area contributed by atoms with Gasteiger partial charge in [0.25, 0.3) is 0 Å². The Morgan fingerprint density at radius 1 is 1.42 bits per heavy atom. The molecule has 2 rings (SSSR count). The van der Waals surface area contributed by atoms with Crippen LogP contribution in [0.5, 0.6) is 0 Å². The average molecular weight is 398 g/mol. The van der Waals surface area contributed by atoms with E-state index in [0.717, 1.165) is 6.61 Å². The zero-order chi connectivity index (χ0) is 7.73. The van der Waals surface area contributed by atoms with E-state index in [4.69, 9.17) is 4.74 Å². The number of hydrogen-bond acceptors (Lipinski definition) is 2. The summed E-state index contributed by atoms with van der Waals surface area (Å²) >= 11 is 0. The van der Waals surface area contributed by atoms with E-state index in [2.05, 4.69) is 0 Å². The Morgan fingerprint density at radius 2 is 2.17 bits per heavy atom. The molecule has 0 spiro atoms. The molecule has 0 bridgehead atoms. The van der Waals surface area contributed by atoms with E-state index >= 15 is 0 Å². The van der Waals surface area contributed by atoms with E-state index in [0.29, 0.717) is 5.73 Å². The molecule has 2 saturated heterocycles. The van der Waals surface area contributed by atoms with Crippen LogP contribution < -0.4 is 0 Å². The van der Waals surface area contributed by atoms with Gasteiger partial charge in [-0.25, -0.2) is 0 Å². The molecule has 0 amide bonds. The normalized spacial score (nSPS) is 43.8. The summed E-state index contributed by atoms with van der Waals surface area (Å²) in [6.45, 7) is 0.941. The zero-order valence-corrected chi connectivity index (χ0v) is 13.1. The van der Waals surface area contributed by atoms with Gasteiger partial charge in [-0.3, -0.25) is 0 Å². The first-order chi connectivity index (χ1) is 5.37. The van der Waals surface area contributed by atoms with Gasteiger partial charge in [0.15, 0.2) is 0 Å². The molecule has 1 unspecified atom stereocenters. The topological polar surface area (TPSA) is 26.3 Å². The summed E-state index contributed by atoms with van der Waals surface area (Å²) in [5.41, 5.74) is 0.520. The smallest absolute Gasteiger partial charge is 0.126 e. The van der Waals surface area contributed by atoms with Gasteiger partial charge in [-0.2, -0.15) is 0 Å². The van der Waals surface area contributed by atoms with Crippen LogP contribution in [0.25, 0.3) is 0 Å². The van der Waals surface area contributed by atoms with E-state index in [1.165, 1.54) is 25.2 Å². The van der Waals surface area contributed by atoms with Crippen LogP contribution >= 0.6 is 0 Å². The van der Waals surface area contributed by atoms with E-state index in [-0.39, 0.29) is 38.2 Å². The molecule has 0 aromatic carbocycles. The van der Waals surface area contributed by atoms with Crippen LogP contribution in [-0.4, -0.2) is 42.5 Å². The summed E-state index contributed by atoms with van der Waals surface area (Å²) in [6, 6.07) is 0. The Morgan fingerprint density at radius 3 is 2.58 bits per heavy atom. The Hall–Kier alpha value is 0.969. The largest absolute Gasteiger partial charge is 0.382 e. The molecule has 0 saturated carbocycles. The summed E-state index contributed by atoms with van der Waals surface area (Å²) in [5.74, 6) is 1.38. The predicted molar refractivity (Wildman–Crippen MR) is 53.2 cm³/mol. The van der Waals surface area contributed by atoms with Crippen LogP contribution in [0.3, 0.4) is 0 Å². The van der Waals surface area contributed by atoms with Crippen LogP contribution in [0.1, 0.15) is 19.3 Å². The molecule has 2 aliphatic rings. The molecule has 2 nitrogen and oxygen atoms in total. The van der Waals surface area contributed by atoms with E-state index in [1.54, 1.807) is 0 Å². The molecule has 0 aliphatic carbocycles. The monoisotopic (exact) mass is 397 g/mol. The van der Waals surface area contributed by atoms with Crippen LogP contribution in [0, 0.1) is 0 Å². The van der Waals surface area contributed by atoms with Gasteiger partial charge in [-0.05, 0) is 19.3 Å². The maximum atomic E-state index is 10.8. The first-order valence-corrected chi connectivity index (χ1v) is 15.3. The average Bonchev–Trinajstić information content (AvgIpc) is 2.86. The Kier molecular flexibility index (Phi) is 4.11. The van der Waals surface area contributed by atoms with Crippen molar-refractivity contribution in [2.24, 2.45) is 0 Å². The third-order valence-corrected chi connectivity index (χ3v) is 30.3. The molecule has 6 heteroatoms. The van der Waals surface area contributed by atoms with Crippen molar-refractivity contribution in [2.75, 3.05) is 6.61 Å². The maximum absolute atomic E-state index is 10.8. The van der Waals surface area contributed by atoms with Gasteiger partial charge in [0.2, 0.25) is 0 Å². The molecule has 0 aromatic rings. The molecule has 0 radical (unpaired) electrons. The van der Waals surface area contributed by atoms with Crippen molar-refractivity contribution in [3.05, 3.63) is 0 Å². The van der Waals surface area contributed by atoms with Gasteiger partial charge in [0.05, 0.1) is 11.6 Å². The Bertz CT molecular complexity index is 168. The second kappa shape index (κ2) is 4.46. The van der Waals surface area contributed by atoms with Crippen LogP contribution in [0.4, 0.5) is 0 Å². The van der Waals surface area contributed by atoms with Crippen molar-refractivity contribution in [1.82, 2.24) is 0 Å². The molecule has 0 N–H and O–H groups in total. The zero-order valence-electron chi connectivity index (χ0n) is 7.03. The van der Waals surface area contributed by atoms with Crippen molar-refractivity contribution in [1.29, 1.82) is 0 Å². The number of ether oxygens (including phenoxy) is 1. The molecule has 72 valence electrons. The number of carbonyl (C=O) groups is 1. The van der Waals surface area contributed by atoms with Crippen molar-refractivity contribution in [2.45, 2.75) is 25.0 Å². The first kappa shape index (κ1) is 11.0. The fourth-order valence-electron chi connectivity index (χ4n) is 1.85. The quantitative estimate of drug-likeness (QED) is 0.422. The molecule has 1 atom stereocenters. The molecule has 2 heterocycles. The minimum absolute atomic E-state index is 0. The fourth-order valence-corrected chi connectivity index (χ4v) is 28.1. The van der Waals surface area contributed by atoms with Crippen LogP contribution in [0.2, 0.25) is 0 Å². The van der Waals surface area contributed by atoms with Gasteiger partial charge < -0.3 is 9.53 Å². The molecular weight excluding hydrogens is 383 g/mol. The summed E-state index contributed by atoms with van der Waals surface area (Å²) < 4.78 is 5.70. The van der Waals surface area contributed by atoms with Crippen LogP contribution in [0.15, 0.2) is 0 Å². The van der Waals surface area contributed by atoms with E-state index < -0.39 is 7.11 Å². The third-order valence-electron chi connectivity index (χ3n) is 2.88. The van der Waals surface area contributed by atoms with E-state index in [1.807, 2.05) is 0 Å². The first-order valence-electron chi connectivity index (χ1n) is 4.45. The van der Waals surface area contributed by atoms with Gasteiger partial charge >= 0.3 is 0 Å². The summed E-state index contributed by atoms with van der Waals surface area (Å²) in [7, 11) is -0.724. The maximum Gasteiger partial charge on any atom is 0.126 e. The second-order valence-electron chi connectivity index (χ2n) is 3.71. The van der Waals surface area contributed by atoms with Gasteiger partial charge in [0.1, 0.15) is 7.11 Å². The summed E-state index contributed by atoms with van der Waals surface area (Å²) in [5, 5.41) is 0. The molecule has 2 fully saturated rings. The summed E-state index contributed by atoms with van der Waals surface area (Å²) in [6.07, 6.45) is 3.77. The molecule has 2 aliphatic heterocycles. The number of rotatable bonds is 2. The number of carbonyl (C=O) groups excluding carboxylic acids is 1. The predicted octanol–water partition coefficient (Wildman–Crippen LogP) is -1.43. The van der Waals surface area contributed by atoms with Crippen LogP contribution in [-0.2, 0) is 30.6 Å². The Balaban J connectivity index is 0.000000720. The summed E-state index contributed by atoms with van der Waals surface area (Å²) in [4.78, 5) is 10.8. The van der Waals surface area contributed by atoms with Crippen molar-refractivity contribution >= 4 is 30.1 Å². The van der Waals surface area contributed by atoms with E-state index in [9.17, 15) is 4.79 Å². The van der Waals surface area contributed by atoms with Crippen molar-refractivity contribution in [3.8, 4) is 0 Å². The van der Waals surface area contributed by atoms with Gasteiger partial charge in [0, 0.05) is 44.8 Å². The molecule has 12 heavy (non-hydrogen) atoms. The van der Waals surface area contributed by atoms with Crippen molar-refractivity contribution in [3.63, 3.8) is 0 Å². The number of hydrogen-bond donors (Lipinski definition) is 0. The minimum atomic E-state index is -1.15. The Labute approximate surface area is 92.1 Å². The second-order valence-corrected chi connectivity index (χ2v) is 31.0.